The first-order valence-electron chi connectivity index (χ1n) is 8.27. The first-order chi connectivity index (χ1) is 9.84. The van der Waals surface area contributed by atoms with E-state index in [0.29, 0.717) is 12.6 Å². The summed E-state index contributed by atoms with van der Waals surface area (Å²) < 4.78 is 2.03. The molecule has 0 amide bonds. The van der Waals surface area contributed by atoms with Crippen LogP contribution in [0.15, 0.2) is 12.3 Å². The van der Waals surface area contributed by atoms with Crippen molar-refractivity contribution >= 4 is 0 Å². The molecule has 0 saturated heterocycles. The molecule has 3 unspecified atom stereocenters. The van der Waals surface area contributed by atoms with E-state index in [9.17, 15) is 5.11 Å². The van der Waals surface area contributed by atoms with Crippen LogP contribution in [-0.2, 0) is 6.42 Å². The number of aromatic nitrogens is 2. The number of aliphatic hydroxyl groups excluding tert-OH is 1. The number of hydrogen-bond donors (Lipinski definition) is 2. The standard InChI is InChI=1S/C17H31N3O/c1-5-13(2)20-10-7-14(19-20)11-17(12-18)9-6-8-16(3,4)15(17)21/h7,10,13,15,21H,5-6,8-9,11-12,18H2,1-4H3. The van der Waals surface area contributed by atoms with Crippen LogP contribution < -0.4 is 5.73 Å². The molecule has 1 fully saturated rings. The molecule has 3 N–H and O–H groups in total. The maximum Gasteiger partial charge on any atom is 0.0663 e. The van der Waals surface area contributed by atoms with Gasteiger partial charge in [0.25, 0.3) is 0 Å². The average molecular weight is 293 g/mol. The highest BCUT2D eigenvalue weighted by atomic mass is 16.3. The van der Waals surface area contributed by atoms with Crippen molar-refractivity contribution in [3.8, 4) is 0 Å². The Morgan fingerprint density at radius 1 is 1.48 bits per heavy atom. The molecule has 21 heavy (non-hydrogen) atoms. The third-order valence-corrected chi connectivity index (χ3v) is 5.46. The molecule has 1 aliphatic rings. The second kappa shape index (κ2) is 6.09. The summed E-state index contributed by atoms with van der Waals surface area (Å²) in [5.41, 5.74) is 6.86. The monoisotopic (exact) mass is 293 g/mol. The van der Waals surface area contributed by atoms with Crippen LogP contribution in [0.2, 0.25) is 0 Å². The van der Waals surface area contributed by atoms with Gasteiger partial charge in [-0.3, -0.25) is 4.68 Å². The number of rotatable bonds is 5. The molecule has 4 nitrogen and oxygen atoms in total. The molecule has 1 aromatic rings. The lowest BCUT2D eigenvalue weighted by Crippen LogP contribution is -2.53. The van der Waals surface area contributed by atoms with E-state index in [2.05, 4.69) is 33.8 Å². The zero-order valence-electron chi connectivity index (χ0n) is 14.0. The lowest BCUT2D eigenvalue weighted by Gasteiger charge is -2.49. The predicted octanol–water partition coefficient (Wildman–Crippen LogP) is 2.91. The first-order valence-corrected chi connectivity index (χ1v) is 8.27. The highest BCUT2D eigenvalue weighted by molar-refractivity contribution is 5.09. The van der Waals surface area contributed by atoms with Crippen molar-refractivity contribution in [2.45, 2.75) is 71.9 Å². The third-order valence-electron chi connectivity index (χ3n) is 5.46. The normalized spacial score (nSPS) is 30.3. The second-order valence-corrected chi connectivity index (χ2v) is 7.53. The number of nitrogens with two attached hydrogens (primary N) is 1. The summed E-state index contributed by atoms with van der Waals surface area (Å²) in [5.74, 6) is 0. The lowest BCUT2D eigenvalue weighted by atomic mass is 9.59. The average Bonchev–Trinajstić information content (AvgIpc) is 2.91. The van der Waals surface area contributed by atoms with E-state index in [0.717, 1.165) is 37.8 Å². The van der Waals surface area contributed by atoms with E-state index in [4.69, 9.17) is 10.8 Å². The van der Waals surface area contributed by atoms with Gasteiger partial charge in [-0.05, 0) is 37.7 Å². The van der Waals surface area contributed by atoms with E-state index in [1.807, 2.05) is 10.9 Å². The summed E-state index contributed by atoms with van der Waals surface area (Å²) in [6.07, 6.45) is 6.72. The molecule has 120 valence electrons. The molecule has 1 aliphatic carbocycles. The molecule has 0 aromatic carbocycles. The van der Waals surface area contributed by atoms with Crippen LogP contribution in [-0.4, -0.2) is 27.5 Å². The van der Waals surface area contributed by atoms with Crippen molar-refractivity contribution in [1.29, 1.82) is 0 Å². The van der Waals surface area contributed by atoms with Gasteiger partial charge in [-0.15, -0.1) is 0 Å². The van der Waals surface area contributed by atoms with Crippen LogP contribution in [0.3, 0.4) is 0 Å². The zero-order chi connectivity index (χ0) is 15.7. The molecular weight excluding hydrogens is 262 g/mol. The smallest absolute Gasteiger partial charge is 0.0663 e. The number of hydrogen-bond acceptors (Lipinski definition) is 3. The van der Waals surface area contributed by atoms with Crippen LogP contribution >= 0.6 is 0 Å². The van der Waals surface area contributed by atoms with Crippen LogP contribution in [0.25, 0.3) is 0 Å². The fraction of sp³-hybridized carbons (Fsp3) is 0.824. The van der Waals surface area contributed by atoms with Crippen LogP contribution in [0.5, 0.6) is 0 Å². The highest BCUT2D eigenvalue weighted by Crippen LogP contribution is 2.47. The van der Waals surface area contributed by atoms with Gasteiger partial charge in [-0.2, -0.15) is 5.10 Å². The van der Waals surface area contributed by atoms with Crippen molar-refractivity contribution < 1.29 is 5.11 Å². The SMILES string of the molecule is CCC(C)n1ccc(CC2(CN)CCCC(C)(C)C2O)n1. The summed E-state index contributed by atoms with van der Waals surface area (Å²) in [6, 6.07) is 2.50. The maximum absolute atomic E-state index is 10.9. The Hall–Kier alpha value is -0.870. The molecule has 2 rings (SSSR count). The Bertz CT molecular complexity index is 468. The van der Waals surface area contributed by atoms with E-state index in [1.165, 1.54) is 0 Å². The fourth-order valence-corrected chi connectivity index (χ4v) is 3.73. The summed E-state index contributed by atoms with van der Waals surface area (Å²) in [7, 11) is 0. The topological polar surface area (TPSA) is 64.1 Å². The van der Waals surface area contributed by atoms with E-state index in [1.54, 1.807) is 0 Å². The molecule has 0 aliphatic heterocycles. The largest absolute Gasteiger partial charge is 0.392 e. The summed E-state index contributed by atoms with van der Waals surface area (Å²) in [6.45, 7) is 9.17. The van der Waals surface area contributed by atoms with Gasteiger partial charge in [0.1, 0.15) is 0 Å². The van der Waals surface area contributed by atoms with Gasteiger partial charge in [-0.1, -0.05) is 27.2 Å². The summed E-state index contributed by atoms with van der Waals surface area (Å²) in [4.78, 5) is 0. The Balaban J connectivity index is 2.20. The predicted molar refractivity (Wildman–Crippen MR) is 86.1 cm³/mol. The third kappa shape index (κ3) is 3.16. The van der Waals surface area contributed by atoms with Crippen molar-refractivity contribution in [3.05, 3.63) is 18.0 Å². The van der Waals surface area contributed by atoms with Gasteiger partial charge in [0.15, 0.2) is 0 Å². The number of nitrogens with zero attached hydrogens (tertiary/aromatic N) is 2. The van der Waals surface area contributed by atoms with E-state index in [-0.39, 0.29) is 16.9 Å². The Labute approximate surface area is 128 Å². The Morgan fingerprint density at radius 3 is 2.81 bits per heavy atom. The first kappa shape index (κ1) is 16.5. The fourth-order valence-electron chi connectivity index (χ4n) is 3.73. The summed E-state index contributed by atoms with van der Waals surface area (Å²) in [5, 5.41) is 15.6. The van der Waals surface area contributed by atoms with Gasteiger partial charge in [-0.25, -0.2) is 0 Å². The van der Waals surface area contributed by atoms with Gasteiger partial charge in [0, 0.05) is 30.6 Å². The van der Waals surface area contributed by atoms with E-state index >= 15 is 0 Å². The molecule has 1 aromatic heterocycles. The van der Waals surface area contributed by atoms with E-state index < -0.39 is 0 Å². The zero-order valence-corrected chi connectivity index (χ0v) is 14.0. The van der Waals surface area contributed by atoms with Crippen LogP contribution in [0.1, 0.15) is 65.1 Å². The van der Waals surface area contributed by atoms with Crippen molar-refractivity contribution in [3.63, 3.8) is 0 Å². The Kier molecular flexibility index (Phi) is 4.79. The molecular formula is C17H31N3O. The van der Waals surface area contributed by atoms with Gasteiger partial charge in [0.05, 0.1) is 11.8 Å². The van der Waals surface area contributed by atoms with Crippen molar-refractivity contribution in [2.75, 3.05) is 6.54 Å². The second-order valence-electron chi connectivity index (χ2n) is 7.53. The number of aliphatic hydroxyl groups is 1. The van der Waals surface area contributed by atoms with Crippen LogP contribution in [0, 0.1) is 10.8 Å². The minimum absolute atomic E-state index is 0.0586. The van der Waals surface area contributed by atoms with Gasteiger partial charge >= 0.3 is 0 Å². The molecule has 3 atom stereocenters. The van der Waals surface area contributed by atoms with Crippen molar-refractivity contribution in [1.82, 2.24) is 9.78 Å². The highest BCUT2D eigenvalue weighted by Gasteiger charge is 2.48. The maximum atomic E-state index is 10.9. The molecule has 1 saturated carbocycles. The van der Waals surface area contributed by atoms with Crippen molar-refractivity contribution in [2.24, 2.45) is 16.6 Å². The molecule has 0 bridgehead atoms. The van der Waals surface area contributed by atoms with Gasteiger partial charge < -0.3 is 10.8 Å². The molecule has 4 heteroatoms. The lowest BCUT2D eigenvalue weighted by molar-refractivity contribution is -0.0889. The van der Waals surface area contributed by atoms with Crippen LogP contribution in [0.4, 0.5) is 0 Å². The molecule has 0 spiro atoms. The molecule has 0 radical (unpaired) electrons. The summed E-state index contributed by atoms with van der Waals surface area (Å²) >= 11 is 0. The Morgan fingerprint density at radius 2 is 2.19 bits per heavy atom. The minimum atomic E-state index is -0.363. The molecule has 1 heterocycles. The van der Waals surface area contributed by atoms with Gasteiger partial charge in [0.2, 0.25) is 0 Å². The minimum Gasteiger partial charge on any atom is -0.392 e. The quantitative estimate of drug-likeness (QED) is 0.877.